The summed E-state index contributed by atoms with van der Waals surface area (Å²) < 4.78 is 2.25. The second kappa shape index (κ2) is 6.32. The van der Waals surface area contributed by atoms with Crippen LogP contribution in [-0.4, -0.2) is 26.1 Å². The molecule has 1 aliphatic rings. The number of rotatable bonds is 4. The zero-order valence-corrected chi connectivity index (χ0v) is 15.0. The Kier molecular flexibility index (Phi) is 4.39. The Labute approximate surface area is 143 Å². The number of nitrogens with one attached hydrogen (secondary N) is 1. The van der Waals surface area contributed by atoms with E-state index in [1.807, 2.05) is 18.3 Å². The van der Waals surface area contributed by atoms with Gasteiger partial charge in [-0.15, -0.1) is 0 Å². The molecule has 0 saturated carbocycles. The SMILES string of the molecule is Cc1ccc([C@H]2[C@@H](c3ccccn3)NC(=S)N2CC(C)C)n1C. The predicted molar refractivity (Wildman–Crippen MR) is 97.1 cm³/mol. The zero-order valence-electron chi connectivity index (χ0n) is 14.2. The maximum atomic E-state index is 5.64. The van der Waals surface area contributed by atoms with E-state index >= 15 is 0 Å². The van der Waals surface area contributed by atoms with E-state index in [-0.39, 0.29) is 12.1 Å². The Morgan fingerprint density at radius 2 is 2.04 bits per heavy atom. The lowest BCUT2D eigenvalue weighted by Crippen LogP contribution is -2.33. The van der Waals surface area contributed by atoms with E-state index in [0.29, 0.717) is 5.92 Å². The average molecular weight is 328 g/mol. The molecule has 0 radical (unpaired) electrons. The van der Waals surface area contributed by atoms with E-state index in [1.165, 1.54) is 11.4 Å². The highest BCUT2D eigenvalue weighted by Crippen LogP contribution is 2.39. The van der Waals surface area contributed by atoms with E-state index in [4.69, 9.17) is 12.2 Å². The van der Waals surface area contributed by atoms with Crippen molar-refractivity contribution in [2.24, 2.45) is 13.0 Å². The lowest BCUT2D eigenvalue weighted by Gasteiger charge is -2.29. The molecule has 1 aliphatic heterocycles. The summed E-state index contributed by atoms with van der Waals surface area (Å²) >= 11 is 5.64. The summed E-state index contributed by atoms with van der Waals surface area (Å²) in [6.07, 6.45) is 1.85. The van der Waals surface area contributed by atoms with Crippen molar-refractivity contribution >= 4 is 17.3 Å². The Balaban J connectivity index is 2.05. The van der Waals surface area contributed by atoms with E-state index < -0.39 is 0 Å². The normalized spacial score (nSPS) is 21.1. The summed E-state index contributed by atoms with van der Waals surface area (Å²) in [4.78, 5) is 6.88. The van der Waals surface area contributed by atoms with Crippen LogP contribution in [0.25, 0.3) is 0 Å². The van der Waals surface area contributed by atoms with Crippen molar-refractivity contribution in [1.29, 1.82) is 0 Å². The van der Waals surface area contributed by atoms with Crippen LogP contribution in [-0.2, 0) is 7.05 Å². The molecular formula is C18H24N4S. The minimum absolute atomic E-state index is 0.0791. The molecule has 2 aromatic heterocycles. The number of aryl methyl sites for hydroxylation is 1. The standard InChI is InChI=1S/C18H24N4S/c1-12(2)11-22-17(15-9-8-13(3)21(15)4)16(20-18(22)23)14-7-5-6-10-19-14/h5-10,12,16-17H,11H2,1-4H3,(H,20,23)/t16-,17+/m1/s1. The smallest absolute Gasteiger partial charge is 0.170 e. The Morgan fingerprint density at radius 3 is 2.61 bits per heavy atom. The van der Waals surface area contributed by atoms with Crippen LogP contribution >= 0.6 is 12.2 Å². The van der Waals surface area contributed by atoms with Gasteiger partial charge in [-0.1, -0.05) is 19.9 Å². The van der Waals surface area contributed by atoms with Crippen LogP contribution in [0, 0.1) is 12.8 Å². The van der Waals surface area contributed by atoms with E-state index in [2.05, 4.69) is 65.8 Å². The van der Waals surface area contributed by atoms with Crippen LogP contribution in [0.15, 0.2) is 36.5 Å². The molecule has 0 spiro atoms. The number of nitrogens with zero attached hydrogens (tertiary/aromatic N) is 3. The molecule has 0 amide bonds. The molecule has 0 bridgehead atoms. The van der Waals surface area contributed by atoms with Gasteiger partial charge in [0.25, 0.3) is 0 Å². The molecule has 0 unspecified atom stereocenters. The summed E-state index contributed by atoms with van der Waals surface area (Å²) in [6.45, 7) is 7.52. The molecule has 3 heterocycles. The van der Waals surface area contributed by atoms with Crippen molar-refractivity contribution in [3.05, 3.63) is 53.6 Å². The zero-order chi connectivity index (χ0) is 16.6. The molecule has 1 saturated heterocycles. The second-order valence-electron chi connectivity index (χ2n) is 6.63. The first-order chi connectivity index (χ1) is 11.0. The number of hydrogen-bond donors (Lipinski definition) is 1. The first kappa shape index (κ1) is 16.0. The Morgan fingerprint density at radius 1 is 1.26 bits per heavy atom. The highest BCUT2D eigenvalue weighted by molar-refractivity contribution is 7.80. The topological polar surface area (TPSA) is 33.1 Å². The lowest BCUT2D eigenvalue weighted by atomic mass is 10.0. The van der Waals surface area contributed by atoms with Crippen molar-refractivity contribution < 1.29 is 0 Å². The van der Waals surface area contributed by atoms with Crippen molar-refractivity contribution in [2.45, 2.75) is 32.9 Å². The van der Waals surface area contributed by atoms with E-state index in [0.717, 1.165) is 17.4 Å². The minimum Gasteiger partial charge on any atom is -0.352 e. The van der Waals surface area contributed by atoms with Gasteiger partial charge in [0.15, 0.2) is 5.11 Å². The van der Waals surface area contributed by atoms with Gasteiger partial charge in [-0.2, -0.15) is 0 Å². The van der Waals surface area contributed by atoms with Crippen LogP contribution in [0.5, 0.6) is 0 Å². The number of hydrogen-bond acceptors (Lipinski definition) is 2. The average Bonchev–Trinajstić information content (AvgIpc) is 3.01. The third-order valence-electron chi connectivity index (χ3n) is 4.47. The van der Waals surface area contributed by atoms with Gasteiger partial charge in [-0.3, -0.25) is 4.98 Å². The van der Waals surface area contributed by atoms with Crippen molar-refractivity contribution in [2.75, 3.05) is 6.54 Å². The van der Waals surface area contributed by atoms with Crippen LogP contribution in [0.4, 0.5) is 0 Å². The fraction of sp³-hybridized carbons (Fsp3) is 0.444. The monoisotopic (exact) mass is 328 g/mol. The van der Waals surface area contributed by atoms with Crippen LogP contribution in [0.3, 0.4) is 0 Å². The first-order valence-corrected chi connectivity index (χ1v) is 8.50. The molecular weight excluding hydrogens is 304 g/mol. The maximum Gasteiger partial charge on any atom is 0.170 e. The molecule has 4 nitrogen and oxygen atoms in total. The summed E-state index contributed by atoms with van der Waals surface area (Å²) in [5.74, 6) is 0.543. The van der Waals surface area contributed by atoms with Gasteiger partial charge in [0.05, 0.1) is 17.8 Å². The predicted octanol–water partition coefficient (Wildman–Crippen LogP) is 3.36. The third-order valence-corrected chi connectivity index (χ3v) is 4.83. The molecule has 3 rings (SSSR count). The number of aromatic nitrogens is 2. The molecule has 1 fully saturated rings. The van der Waals surface area contributed by atoms with Gasteiger partial charge in [-0.25, -0.2) is 0 Å². The first-order valence-electron chi connectivity index (χ1n) is 8.09. The summed E-state index contributed by atoms with van der Waals surface area (Å²) in [7, 11) is 2.12. The van der Waals surface area contributed by atoms with Gasteiger partial charge in [0.2, 0.25) is 0 Å². The minimum atomic E-state index is 0.0791. The summed E-state index contributed by atoms with van der Waals surface area (Å²) in [6, 6.07) is 10.7. The third kappa shape index (κ3) is 2.98. The molecule has 5 heteroatoms. The van der Waals surface area contributed by atoms with Gasteiger partial charge >= 0.3 is 0 Å². The van der Waals surface area contributed by atoms with Crippen LogP contribution in [0.1, 0.15) is 43.0 Å². The number of pyridine rings is 1. The van der Waals surface area contributed by atoms with Crippen LogP contribution < -0.4 is 5.32 Å². The fourth-order valence-electron chi connectivity index (χ4n) is 3.25. The van der Waals surface area contributed by atoms with E-state index in [1.54, 1.807) is 0 Å². The molecule has 1 N–H and O–H groups in total. The van der Waals surface area contributed by atoms with Gasteiger partial charge < -0.3 is 14.8 Å². The molecule has 2 atom stereocenters. The van der Waals surface area contributed by atoms with Crippen LogP contribution in [0.2, 0.25) is 0 Å². The summed E-state index contributed by atoms with van der Waals surface area (Å²) in [5.41, 5.74) is 3.55. The second-order valence-corrected chi connectivity index (χ2v) is 7.02. The van der Waals surface area contributed by atoms with Crippen molar-refractivity contribution in [3.63, 3.8) is 0 Å². The highest BCUT2D eigenvalue weighted by atomic mass is 32.1. The van der Waals surface area contributed by atoms with E-state index in [9.17, 15) is 0 Å². The highest BCUT2D eigenvalue weighted by Gasteiger charge is 2.41. The number of thiocarbonyl (C=S) groups is 1. The molecule has 0 aliphatic carbocycles. The Bertz CT molecular complexity index is 692. The van der Waals surface area contributed by atoms with Gasteiger partial charge in [0, 0.05) is 31.2 Å². The van der Waals surface area contributed by atoms with Gasteiger partial charge in [-0.05, 0) is 49.3 Å². The molecule has 122 valence electrons. The molecule has 23 heavy (non-hydrogen) atoms. The van der Waals surface area contributed by atoms with Crippen molar-refractivity contribution in [1.82, 2.24) is 19.8 Å². The summed E-state index contributed by atoms with van der Waals surface area (Å²) in [5, 5.41) is 4.31. The maximum absolute atomic E-state index is 5.64. The van der Waals surface area contributed by atoms with Crippen molar-refractivity contribution in [3.8, 4) is 0 Å². The quantitative estimate of drug-likeness (QED) is 0.873. The molecule has 0 aromatic carbocycles. The molecule has 2 aromatic rings. The van der Waals surface area contributed by atoms with Gasteiger partial charge in [0.1, 0.15) is 0 Å². The lowest BCUT2D eigenvalue weighted by molar-refractivity contribution is 0.278. The fourth-order valence-corrected chi connectivity index (χ4v) is 3.56. The largest absolute Gasteiger partial charge is 0.352 e. The Hall–Kier alpha value is -1.88.